The van der Waals surface area contributed by atoms with Crippen molar-refractivity contribution in [1.82, 2.24) is 24.9 Å². The number of rotatable bonds is 6. The van der Waals surface area contributed by atoms with E-state index in [0.29, 0.717) is 22.9 Å². The lowest BCUT2D eigenvalue weighted by Gasteiger charge is -2.24. The van der Waals surface area contributed by atoms with E-state index >= 15 is 0 Å². The predicted molar refractivity (Wildman–Crippen MR) is 121 cm³/mol. The van der Waals surface area contributed by atoms with Gasteiger partial charge >= 0.3 is 0 Å². The second kappa shape index (κ2) is 8.26. The van der Waals surface area contributed by atoms with Crippen LogP contribution >= 0.6 is 11.3 Å². The van der Waals surface area contributed by atoms with Crippen LogP contribution in [0.25, 0.3) is 0 Å². The van der Waals surface area contributed by atoms with Crippen molar-refractivity contribution < 1.29 is 4.79 Å². The summed E-state index contributed by atoms with van der Waals surface area (Å²) in [5, 5.41) is 8.76. The monoisotopic (exact) mass is 438 g/mol. The number of carbonyl (C=O) groups excluding carboxylic acids is 1. The number of fused-ring (bicyclic) bond motifs is 1. The van der Waals surface area contributed by atoms with Gasteiger partial charge in [0.2, 0.25) is 17.8 Å². The summed E-state index contributed by atoms with van der Waals surface area (Å²) in [5.74, 6) is 2.39. The largest absolute Gasteiger partial charge is 0.329 e. The van der Waals surface area contributed by atoms with Gasteiger partial charge in [0.05, 0.1) is 11.9 Å². The third-order valence-electron chi connectivity index (χ3n) is 5.85. The van der Waals surface area contributed by atoms with Crippen molar-refractivity contribution in [2.45, 2.75) is 57.9 Å². The zero-order valence-corrected chi connectivity index (χ0v) is 18.5. The number of amides is 1. The fraction of sp³-hybridized carbons (Fsp3) is 0.476. The van der Waals surface area contributed by atoms with Gasteiger partial charge in [0.1, 0.15) is 11.9 Å². The molecular formula is C21H26N8OS. The zero-order chi connectivity index (χ0) is 21.4. The molecule has 0 saturated carbocycles. The van der Waals surface area contributed by atoms with E-state index in [1.54, 1.807) is 6.20 Å². The summed E-state index contributed by atoms with van der Waals surface area (Å²) in [6, 6.07) is -0.299. The van der Waals surface area contributed by atoms with E-state index in [2.05, 4.69) is 39.4 Å². The van der Waals surface area contributed by atoms with Gasteiger partial charge in [0.25, 0.3) is 0 Å². The summed E-state index contributed by atoms with van der Waals surface area (Å²) in [6.07, 6.45) is 8.18. The zero-order valence-electron chi connectivity index (χ0n) is 17.7. The molecule has 0 radical (unpaired) electrons. The Kier molecular flexibility index (Phi) is 5.31. The van der Waals surface area contributed by atoms with Gasteiger partial charge in [0, 0.05) is 29.4 Å². The first-order valence-corrected chi connectivity index (χ1v) is 11.6. The van der Waals surface area contributed by atoms with Gasteiger partial charge in [-0.2, -0.15) is 4.98 Å². The smallest absolute Gasteiger partial charge is 0.248 e. The fourth-order valence-electron chi connectivity index (χ4n) is 4.21. The molecule has 1 aliphatic heterocycles. The van der Waals surface area contributed by atoms with Crippen molar-refractivity contribution >= 4 is 40.1 Å². The molecule has 0 spiro atoms. The number of hydrogen-bond acceptors (Lipinski definition) is 8. The standard InChI is InChI=1S/C21H26N8OS/c1-12(2)15-11-23-19(24-15)26-17-13-5-3-6-14(13)25-20(27-17)29-9-4-7-16(29)18(30)28-21-22-8-10-31-21/h8,10-12,16H,3-7,9H2,1-2H3,(H,22,28,30)(H2,23,24,25,26,27)/t16-/m1/s1. The molecule has 1 fully saturated rings. The van der Waals surface area contributed by atoms with E-state index < -0.39 is 0 Å². The molecule has 9 nitrogen and oxygen atoms in total. The Morgan fingerprint density at radius 1 is 1.26 bits per heavy atom. The van der Waals surface area contributed by atoms with Crippen molar-refractivity contribution in [2.75, 3.05) is 22.1 Å². The number of nitrogens with zero attached hydrogens (tertiary/aromatic N) is 5. The fourth-order valence-corrected chi connectivity index (χ4v) is 4.74. The molecule has 3 aromatic heterocycles. The van der Waals surface area contributed by atoms with Gasteiger partial charge in [-0.15, -0.1) is 11.3 Å². The molecule has 10 heteroatoms. The Balaban J connectivity index is 1.42. The maximum absolute atomic E-state index is 12.9. The Morgan fingerprint density at radius 2 is 2.16 bits per heavy atom. The number of anilines is 4. The molecular weight excluding hydrogens is 412 g/mol. The minimum Gasteiger partial charge on any atom is -0.329 e. The van der Waals surface area contributed by atoms with E-state index in [-0.39, 0.29) is 11.9 Å². The maximum atomic E-state index is 12.9. The highest BCUT2D eigenvalue weighted by atomic mass is 32.1. The molecule has 4 heterocycles. The first-order chi connectivity index (χ1) is 15.1. The number of aromatic nitrogens is 5. The quantitative estimate of drug-likeness (QED) is 0.539. The Bertz CT molecular complexity index is 1080. The van der Waals surface area contributed by atoms with E-state index in [1.165, 1.54) is 11.3 Å². The molecule has 1 saturated heterocycles. The van der Waals surface area contributed by atoms with Crippen LogP contribution in [0.1, 0.15) is 56.0 Å². The molecule has 1 amide bonds. The van der Waals surface area contributed by atoms with Crippen molar-refractivity contribution in [1.29, 1.82) is 0 Å². The summed E-state index contributed by atoms with van der Waals surface area (Å²) in [6.45, 7) is 5.01. The summed E-state index contributed by atoms with van der Waals surface area (Å²) in [5.41, 5.74) is 3.29. The lowest BCUT2D eigenvalue weighted by Crippen LogP contribution is -2.40. The lowest BCUT2D eigenvalue weighted by atomic mass is 10.2. The molecule has 5 rings (SSSR count). The molecule has 0 bridgehead atoms. The minimum absolute atomic E-state index is 0.0568. The molecule has 2 aliphatic rings. The van der Waals surface area contributed by atoms with Gasteiger partial charge in [-0.1, -0.05) is 13.8 Å². The van der Waals surface area contributed by atoms with Crippen molar-refractivity contribution in [3.05, 3.63) is 34.7 Å². The molecule has 1 atom stereocenters. The molecule has 1 aliphatic carbocycles. The molecule has 3 N–H and O–H groups in total. The van der Waals surface area contributed by atoms with Crippen molar-refractivity contribution in [3.63, 3.8) is 0 Å². The van der Waals surface area contributed by atoms with Gasteiger partial charge in [-0.25, -0.2) is 15.0 Å². The van der Waals surface area contributed by atoms with Crippen LogP contribution in [0.3, 0.4) is 0 Å². The SMILES string of the molecule is CC(C)c1cnc(Nc2nc(N3CCC[C@@H]3C(=O)Nc3nccs3)nc3c2CCC3)[nH]1. The normalized spacial score (nSPS) is 17.9. The summed E-state index contributed by atoms with van der Waals surface area (Å²) in [4.78, 5) is 36.6. The van der Waals surface area contributed by atoms with E-state index in [4.69, 9.17) is 9.97 Å². The Labute approximate surface area is 184 Å². The number of H-pyrrole nitrogens is 1. The van der Waals surface area contributed by atoms with Crippen LogP contribution in [0.5, 0.6) is 0 Å². The Morgan fingerprint density at radius 3 is 2.94 bits per heavy atom. The number of carbonyl (C=O) groups is 1. The molecule has 31 heavy (non-hydrogen) atoms. The van der Waals surface area contributed by atoms with Crippen LogP contribution in [-0.2, 0) is 17.6 Å². The minimum atomic E-state index is -0.299. The number of aryl methyl sites for hydroxylation is 1. The van der Waals surface area contributed by atoms with Gasteiger partial charge in [0.15, 0.2) is 5.13 Å². The predicted octanol–water partition coefficient (Wildman–Crippen LogP) is 3.62. The first kappa shape index (κ1) is 19.9. The first-order valence-electron chi connectivity index (χ1n) is 10.8. The van der Waals surface area contributed by atoms with Crippen LogP contribution in [0.4, 0.5) is 22.8 Å². The summed E-state index contributed by atoms with van der Waals surface area (Å²) in [7, 11) is 0. The number of hydrogen-bond donors (Lipinski definition) is 3. The summed E-state index contributed by atoms with van der Waals surface area (Å²) >= 11 is 1.42. The van der Waals surface area contributed by atoms with Crippen molar-refractivity contribution in [3.8, 4) is 0 Å². The van der Waals surface area contributed by atoms with Gasteiger partial charge < -0.3 is 20.5 Å². The molecule has 0 unspecified atom stereocenters. The maximum Gasteiger partial charge on any atom is 0.248 e. The van der Waals surface area contributed by atoms with Crippen LogP contribution in [0.15, 0.2) is 17.8 Å². The molecule has 3 aromatic rings. The second-order valence-corrected chi connectivity index (χ2v) is 9.19. The average Bonchev–Trinajstić information content (AvgIpc) is 3.53. The number of nitrogens with one attached hydrogen (secondary N) is 3. The third-order valence-corrected chi connectivity index (χ3v) is 6.54. The number of thiazole rings is 1. The number of imidazole rings is 1. The van der Waals surface area contributed by atoms with Crippen LogP contribution in [-0.4, -0.2) is 43.4 Å². The molecule has 162 valence electrons. The molecule has 0 aromatic carbocycles. The van der Waals surface area contributed by atoms with Crippen LogP contribution in [0, 0.1) is 0 Å². The van der Waals surface area contributed by atoms with E-state index in [9.17, 15) is 4.79 Å². The second-order valence-electron chi connectivity index (χ2n) is 8.30. The summed E-state index contributed by atoms with van der Waals surface area (Å²) < 4.78 is 0. The van der Waals surface area contributed by atoms with Gasteiger partial charge in [-0.3, -0.25) is 4.79 Å². The van der Waals surface area contributed by atoms with Crippen LogP contribution < -0.4 is 15.5 Å². The average molecular weight is 439 g/mol. The number of aromatic amines is 1. The lowest BCUT2D eigenvalue weighted by molar-refractivity contribution is -0.117. The highest BCUT2D eigenvalue weighted by Gasteiger charge is 2.34. The third kappa shape index (κ3) is 3.99. The van der Waals surface area contributed by atoms with E-state index in [0.717, 1.165) is 61.4 Å². The van der Waals surface area contributed by atoms with Crippen LogP contribution in [0.2, 0.25) is 0 Å². The Hall–Kier alpha value is -3.01. The van der Waals surface area contributed by atoms with Gasteiger partial charge in [-0.05, 0) is 38.0 Å². The van der Waals surface area contributed by atoms with E-state index in [1.807, 2.05) is 16.5 Å². The highest BCUT2D eigenvalue weighted by molar-refractivity contribution is 7.13. The van der Waals surface area contributed by atoms with Crippen molar-refractivity contribution in [2.24, 2.45) is 0 Å². The highest BCUT2D eigenvalue weighted by Crippen LogP contribution is 2.32. The topological polar surface area (TPSA) is 112 Å².